The van der Waals surface area contributed by atoms with Gasteiger partial charge in [0.2, 0.25) is 0 Å². The van der Waals surface area contributed by atoms with Crippen LogP contribution >= 0.6 is 11.6 Å². The molecule has 0 amide bonds. The van der Waals surface area contributed by atoms with Gasteiger partial charge in [0.25, 0.3) is 0 Å². The number of aromatic nitrogens is 4. The Hall–Kier alpha value is -3.14. The number of fused-ring (bicyclic) bond motifs is 2. The van der Waals surface area contributed by atoms with Crippen LogP contribution in [0.15, 0.2) is 24.4 Å². The Morgan fingerprint density at radius 1 is 0.974 bits per heavy atom. The van der Waals surface area contributed by atoms with Crippen molar-refractivity contribution >= 4 is 39.2 Å². The van der Waals surface area contributed by atoms with E-state index >= 15 is 0 Å². The summed E-state index contributed by atoms with van der Waals surface area (Å²) in [4.78, 5) is 14.6. The smallest absolute Gasteiger partial charge is 0.319 e. The largest absolute Gasteiger partial charge is 0.487 e. The Balaban J connectivity index is 1.47. The van der Waals surface area contributed by atoms with Crippen molar-refractivity contribution in [3.05, 3.63) is 35.0 Å². The molecule has 198 valence electrons. The minimum absolute atomic E-state index is 0.0646. The second-order valence-electron chi connectivity index (χ2n) is 10.7. The van der Waals surface area contributed by atoms with E-state index in [1.54, 1.807) is 0 Å². The number of nitrogens with one attached hydrogen (secondary N) is 2. The number of likely N-dealkylation sites (N-methyl/N-ethyl adjacent to an activating group) is 1. The molecule has 1 aliphatic carbocycles. The van der Waals surface area contributed by atoms with Crippen molar-refractivity contribution in [1.82, 2.24) is 30.4 Å². The van der Waals surface area contributed by atoms with Crippen LogP contribution in [0.1, 0.15) is 24.8 Å². The maximum atomic E-state index is 7.16. The summed E-state index contributed by atoms with van der Waals surface area (Å²) in [6.45, 7) is 7.46. The number of benzene rings is 2. The average Bonchev–Trinajstić information content (AvgIpc) is 3.44. The molecule has 3 fully saturated rings. The van der Waals surface area contributed by atoms with Gasteiger partial charge in [-0.05, 0) is 50.9 Å². The summed E-state index contributed by atoms with van der Waals surface area (Å²) >= 11 is 7.16. The Morgan fingerprint density at radius 2 is 1.82 bits per heavy atom. The zero-order valence-corrected chi connectivity index (χ0v) is 22.5. The van der Waals surface area contributed by atoms with Gasteiger partial charge < -0.3 is 24.6 Å². The SMILES string of the molecule is Cc1ccc2[nH]ncc2c1-c1c(Cl)cc2c(N3CCNCC3)nc(O[C@@H]3CCN(C)C3)nc2c1OC1CC1. The highest BCUT2D eigenvalue weighted by Crippen LogP contribution is 2.48. The number of aromatic amines is 1. The van der Waals surface area contributed by atoms with Crippen molar-refractivity contribution < 1.29 is 9.47 Å². The van der Waals surface area contributed by atoms with Gasteiger partial charge in [0.05, 0.1) is 22.8 Å². The zero-order valence-electron chi connectivity index (χ0n) is 21.8. The van der Waals surface area contributed by atoms with Gasteiger partial charge in [-0.15, -0.1) is 0 Å². The number of nitrogens with zero attached hydrogens (tertiary/aromatic N) is 5. The Morgan fingerprint density at radius 3 is 2.58 bits per heavy atom. The molecule has 1 atom stereocenters. The first-order chi connectivity index (χ1) is 18.5. The molecule has 10 heteroatoms. The van der Waals surface area contributed by atoms with Crippen LogP contribution in [0.3, 0.4) is 0 Å². The maximum Gasteiger partial charge on any atom is 0.319 e. The number of piperazine rings is 1. The highest BCUT2D eigenvalue weighted by molar-refractivity contribution is 6.35. The van der Waals surface area contributed by atoms with Crippen molar-refractivity contribution in [3.63, 3.8) is 0 Å². The number of hydrogen-bond donors (Lipinski definition) is 2. The van der Waals surface area contributed by atoms with Crippen molar-refractivity contribution in [3.8, 4) is 22.9 Å². The van der Waals surface area contributed by atoms with Crippen LogP contribution in [0.5, 0.6) is 11.8 Å². The summed E-state index contributed by atoms with van der Waals surface area (Å²) < 4.78 is 13.1. The second kappa shape index (κ2) is 9.55. The van der Waals surface area contributed by atoms with Crippen LogP contribution in [0.2, 0.25) is 5.02 Å². The topological polar surface area (TPSA) is 91.4 Å². The molecule has 38 heavy (non-hydrogen) atoms. The molecule has 2 aromatic carbocycles. The molecular weight excluding hydrogens is 502 g/mol. The number of aryl methyl sites for hydroxylation is 1. The molecule has 0 radical (unpaired) electrons. The summed E-state index contributed by atoms with van der Waals surface area (Å²) in [7, 11) is 2.12. The minimum atomic E-state index is 0.0646. The van der Waals surface area contributed by atoms with Crippen molar-refractivity contribution in [2.75, 3.05) is 51.2 Å². The van der Waals surface area contributed by atoms with E-state index in [0.717, 1.165) is 103 Å². The Kier molecular flexibility index (Phi) is 6.02. The maximum absolute atomic E-state index is 7.16. The van der Waals surface area contributed by atoms with Gasteiger partial charge >= 0.3 is 6.01 Å². The summed E-state index contributed by atoms with van der Waals surface area (Å²) in [5.74, 6) is 1.56. The van der Waals surface area contributed by atoms with Crippen LogP contribution in [-0.4, -0.2) is 83.6 Å². The summed E-state index contributed by atoms with van der Waals surface area (Å²) in [6, 6.07) is 6.55. The number of hydrogen-bond acceptors (Lipinski definition) is 8. The van der Waals surface area contributed by atoms with E-state index in [2.05, 4.69) is 45.4 Å². The van der Waals surface area contributed by atoms with Crippen molar-refractivity contribution in [2.24, 2.45) is 0 Å². The monoisotopic (exact) mass is 533 g/mol. The van der Waals surface area contributed by atoms with E-state index < -0.39 is 0 Å². The van der Waals surface area contributed by atoms with Crippen LogP contribution in [0.4, 0.5) is 5.82 Å². The molecule has 4 aromatic rings. The number of ether oxygens (including phenoxy) is 2. The fourth-order valence-electron chi connectivity index (χ4n) is 5.64. The molecule has 2 aliphatic heterocycles. The quantitative estimate of drug-likeness (QED) is 0.381. The minimum Gasteiger partial charge on any atom is -0.487 e. The van der Waals surface area contributed by atoms with Crippen LogP contribution in [0, 0.1) is 6.92 Å². The third kappa shape index (κ3) is 4.32. The summed E-state index contributed by atoms with van der Waals surface area (Å²) in [6.07, 6.45) is 5.08. The molecule has 2 N–H and O–H groups in total. The number of halogens is 1. The summed E-state index contributed by atoms with van der Waals surface area (Å²) in [5.41, 5.74) is 4.68. The highest BCUT2D eigenvalue weighted by atomic mass is 35.5. The third-order valence-corrected chi connectivity index (χ3v) is 8.08. The standard InChI is InChI=1S/C28H32ClN7O2/c1-16-3-6-22-20(14-31-34-22)23(16)24-21(29)13-19-25(26(24)37-17-4-5-17)32-28(38-18-7-10-35(2)15-18)33-27(19)36-11-8-30-9-12-36/h3,6,13-14,17-18,30H,4-5,7-12,15H2,1-2H3,(H,31,34)/t18-/m1/s1. The van der Waals surface area contributed by atoms with Gasteiger partial charge in [0.1, 0.15) is 17.4 Å². The van der Waals surface area contributed by atoms with Crippen LogP contribution in [-0.2, 0) is 0 Å². The molecule has 7 rings (SSSR count). The molecule has 2 saturated heterocycles. The first kappa shape index (κ1) is 23.9. The van der Waals surface area contributed by atoms with Gasteiger partial charge in [-0.1, -0.05) is 17.7 Å². The number of rotatable bonds is 6. The van der Waals surface area contributed by atoms with Gasteiger partial charge in [-0.3, -0.25) is 5.10 Å². The first-order valence-corrected chi connectivity index (χ1v) is 13.9. The van der Waals surface area contributed by atoms with Gasteiger partial charge in [-0.25, -0.2) is 0 Å². The average molecular weight is 534 g/mol. The van der Waals surface area contributed by atoms with Crippen LogP contribution < -0.4 is 19.7 Å². The molecular formula is C28H32ClN7O2. The molecule has 9 nitrogen and oxygen atoms in total. The molecule has 3 aliphatic rings. The molecule has 2 aromatic heterocycles. The Labute approximate surface area is 226 Å². The molecule has 0 spiro atoms. The van der Waals surface area contributed by atoms with Gasteiger partial charge in [0, 0.05) is 61.2 Å². The normalized spacial score (nSPS) is 20.5. The zero-order chi connectivity index (χ0) is 25.8. The lowest BCUT2D eigenvalue weighted by atomic mass is 9.94. The van der Waals surface area contributed by atoms with E-state index in [-0.39, 0.29) is 12.2 Å². The molecule has 0 unspecified atom stereocenters. The molecule has 4 heterocycles. The number of anilines is 1. The second-order valence-corrected chi connectivity index (χ2v) is 11.1. The summed E-state index contributed by atoms with van der Waals surface area (Å²) in [5, 5.41) is 13.4. The number of likely N-dealkylation sites (tertiary alicyclic amines) is 1. The van der Waals surface area contributed by atoms with Crippen molar-refractivity contribution in [1.29, 1.82) is 0 Å². The fraction of sp³-hybridized carbons (Fsp3) is 0.464. The van der Waals surface area contributed by atoms with E-state index in [9.17, 15) is 0 Å². The predicted molar refractivity (Wildman–Crippen MR) is 150 cm³/mol. The van der Waals surface area contributed by atoms with Crippen LogP contribution in [0.25, 0.3) is 32.9 Å². The lowest BCUT2D eigenvalue weighted by Gasteiger charge is -2.30. The Bertz CT molecular complexity index is 1510. The lowest BCUT2D eigenvalue weighted by Crippen LogP contribution is -2.44. The van der Waals surface area contributed by atoms with E-state index in [0.29, 0.717) is 16.8 Å². The molecule has 1 saturated carbocycles. The number of H-pyrrole nitrogens is 1. The predicted octanol–water partition coefficient (Wildman–Crippen LogP) is 4.17. The van der Waals surface area contributed by atoms with Crippen molar-refractivity contribution in [2.45, 2.75) is 38.4 Å². The lowest BCUT2D eigenvalue weighted by molar-refractivity contribution is 0.192. The van der Waals surface area contributed by atoms with E-state index in [1.807, 2.05) is 18.3 Å². The molecule has 0 bridgehead atoms. The fourth-order valence-corrected chi connectivity index (χ4v) is 5.93. The third-order valence-electron chi connectivity index (χ3n) is 7.79. The first-order valence-electron chi connectivity index (χ1n) is 13.5. The van der Waals surface area contributed by atoms with E-state index in [1.165, 1.54) is 0 Å². The van der Waals surface area contributed by atoms with Gasteiger partial charge in [-0.2, -0.15) is 15.1 Å². The highest BCUT2D eigenvalue weighted by Gasteiger charge is 2.31. The van der Waals surface area contributed by atoms with Gasteiger partial charge in [0.15, 0.2) is 5.75 Å². The van der Waals surface area contributed by atoms with E-state index in [4.69, 9.17) is 31.0 Å².